The smallest absolute Gasteiger partial charge is 0.191 e. The number of nitrogens with one attached hydrogen (secondary N) is 2. The lowest BCUT2D eigenvalue weighted by molar-refractivity contribution is 0.187. The predicted octanol–water partition coefficient (Wildman–Crippen LogP) is 3.57. The van der Waals surface area contributed by atoms with Gasteiger partial charge in [0.15, 0.2) is 5.96 Å². The highest BCUT2D eigenvalue weighted by Crippen LogP contribution is 2.23. The van der Waals surface area contributed by atoms with Gasteiger partial charge in [-0.3, -0.25) is 4.99 Å². The second kappa shape index (κ2) is 12.5. The fourth-order valence-corrected chi connectivity index (χ4v) is 3.64. The van der Waals surface area contributed by atoms with Crippen LogP contribution in [0.15, 0.2) is 53.5 Å². The van der Waals surface area contributed by atoms with E-state index in [1.165, 1.54) is 12.1 Å². The van der Waals surface area contributed by atoms with Crippen LogP contribution in [0.5, 0.6) is 0 Å². The second-order valence-electron chi connectivity index (χ2n) is 7.35. The van der Waals surface area contributed by atoms with E-state index in [2.05, 4.69) is 26.6 Å². The zero-order valence-corrected chi connectivity index (χ0v) is 19.9. The van der Waals surface area contributed by atoms with Gasteiger partial charge in [0, 0.05) is 25.7 Å². The van der Waals surface area contributed by atoms with E-state index < -0.39 is 6.10 Å². The van der Waals surface area contributed by atoms with Crippen LogP contribution in [0.3, 0.4) is 0 Å². The third-order valence-corrected chi connectivity index (χ3v) is 5.15. The number of piperidine rings is 1. The number of guanidine groups is 1. The van der Waals surface area contributed by atoms with Gasteiger partial charge in [0.25, 0.3) is 0 Å². The normalized spacial score (nSPS) is 17.3. The van der Waals surface area contributed by atoms with Crippen molar-refractivity contribution >= 4 is 35.6 Å². The number of anilines is 1. The lowest BCUT2D eigenvalue weighted by Gasteiger charge is -2.35. The summed E-state index contributed by atoms with van der Waals surface area (Å²) in [6.45, 7) is 4.54. The van der Waals surface area contributed by atoms with Crippen LogP contribution in [0, 0.1) is 17.1 Å². The van der Waals surface area contributed by atoms with Crippen molar-refractivity contribution in [3.05, 3.63) is 65.5 Å². The molecule has 1 heterocycles. The van der Waals surface area contributed by atoms with Crippen molar-refractivity contribution in [2.24, 2.45) is 4.99 Å². The molecule has 2 atom stereocenters. The average molecular weight is 537 g/mol. The summed E-state index contributed by atoms with van der Waals surface area (Å²) >= 11 is 0. The minimum atomic E-state index is -0.800. The first-order valence-electron chi connectivity index (χ1n) is 10.3. The van der Waals surface area contributed by atoms with Gasteiger partial charge < -0.3 is 20.6 Å². The third-order valence-electron chi connectivity index (χ3n) is 5.15. The van der Waals surface area contributed by atoms with Crippen LogP contribution in [-0.2, 0) is 0 Å². The van der Waals surface area contributed by atoms with Crippen molar-refractivity contribution in [2.45, 2.75) is 31.9 Å². The van der Waals surface area contributed by atoms with Gasteiger partial charge in [-0.25, -0.2) is 4.39 Å². The second-order valence-corrected chi connectivity index (χ2v) is 7.35. The number of hydrogen-bond acceptors (Lipinski definition) is 4. The molecule has 0 aromatic heterocycles. The minimum absolute atomic E-state index is 0. The van der Waals surface area contributed by atoms with Crippen molar-refractivity contribution in [2.75, 3.05) is 31.1 Å². The molecule has 2 aromatic carbocycles. The zero-order chi connectivity index (χ0) is 21.3. The summed E-state index contributed by atoms with van der Waals surface area (Å²) in [4.78, 5) is 6.75. The molecule has 0 aliphatic carbocycles. The molecule has 0 amide bonds. The van der Waals surface area contributed by atoms with Crippen LogP contribution in [0.1, 0.15) is 37.0 Å². The molecule has 0 spiro atoms. The van der Waals surface area contributed by atoms with E-state index in [-0.39, 0.29) is 42.4 Å². The monoisotopic (exact) mass is 537 g/mol. The fraction of sp³-hybridized carbons (Fsp3) is 0.391. The summed E-state index contributed by atoms with van der Waals surface area (Å²) in [6, 6.07) is 15.9. The molecule has 1 aliphatic rings. The molecule has 8 heteroatoms. The number of rotatable bonds is 6. The number of para-hydroxylation sites is 1. The summed E-state index contributed by atoms with van der Waals surface area (Å²) in [5.41, 5.74) is 2.27. The molecule has 0 radical (unpaired) electrons. The van der Waals surface area contributed by atoms with Crippen molar-refractivity contribution < 1.29 is 9.50 Å². The number of benzene rings is 2. The van der Waals surface area contributed by atoms with Crippen LogP contribution in [0.25, 0.3) is 0 Å². The molecule has 1 fully saturated rings. The van der Waals surface area contributed by atoms with Gasteiger partial charge in [-0.2, -0.15) is 5.26 Å². The van der Waals surface area contributed by atoms with Crippen LogP contribution in [0.4, 0.5) is 10.1 Å². The maximum atomic E-state index is 13.1. The highest BCUT2D eigenvalue weighted by Gasteiger charge is 2.22. The number of nitrogens with zero attached hydrogens (tertiary/aromatic N) is 3. The van der Waals surface area contributed by atoms with Crippen LogP contribution in [0.2, 0.25) is 0 Å². The van der Waals surface area contributed by atoms with Crippen molar-refractivity contribution in [3.63, 3.8) is 0 Å². The number of halogens is 2. The van der Waals surface area contributed by atoms with E-state index in [0.29, 0.717) is 23.6 Å². The average Bonchev–Trinajstić information content (AvgIpc) is 2.78. The van der Waals surface area contributed by atoms with E-state index in [4.69, 9.17) is 0 Å². The summed E-state index contributed by atoms with van der Waals surface area (Å²) in [6.07, 6.45) is 1.21. The summed E-state index contributed by atoms with van der Waals surface area (Å²) in [7, 11) is 0. The van der Waals surface area contributed by atoms with Gasteiger partial charge in [-0.15, -0.1) is 24.0 Å². The van der Waals surface area contributed by atoms with Gasteiger partial charge in [0.2, 0.25) is 0 Å². The summed E-state index contributed by atoms with van der Waals surface area (Å²) in [5, 5.41) is 26.4. The predicted molar refractivity (Wildman–Crippen MR) is 132 cm³/mol. The van der Waals surface area contributed by atoms with E-state index in [9.17, 15) is 14.8 Å². The highest BCUT2D eigenvalue weighted by molar-refractivity contribution is 14.0. The molecule has 0 bridgehead atoms. The number of aliphatic hydroxyl groups is 1. The molecule has 3 N–H and O–H groups in total. The molecule has 1 saturated heterocycles. The molecule has 31 heavy (non-hydrogen) atoms. The third kappa shape index (κ3) is 7.08. The number of hydrogen-bond donors (Lipinski definition) is 3. The molecule has 3 rings (SSSR count). The van der Waals surface area contributed by atoms with Crippen molar-refractivity contribution in [1.82, 2.24) is 10.6 Å². The minimum Gasteiger partial charge on any atom is -0.386 e. The molecular weight excluding hydrogens is 508 g/mol. The standard InChI is InChI=1S/C23H28FN5O.HI/c1-2-26-23(27-15-22(30)17-9-11-19(24)12-10-17)28-20-7-5-13-29(16-20)21-8-4-3-6-18(21)14-25;/h3-4,6,8-12,20,22,30H,2,5,7,13,15-16H2,1H3,(H2,26,27,28);1H. The molecule has 6 nitrogen and oxygen atoms in total. The van der Waals surface area contributed by atoms with E-state index >= 15 is 0 Å². The van der Waals surface area contributed by atoms with Gasteiger partial charge in [-0.1, -0.05) is 24.3 Å². The number of nitriles is 1. The zero-order valence-electron chi connectivity index (χ0n) is 17.6. The topological polar surface area (TPSA) is 83.7 Å². The Balaban J connectivity index is 0.00000341. The Bertz CT molecular complexity index is 900. The Labute approximate surface area is 200 Å². The van der Waals surface area contributed by atoms with Gasteiger partial charge in [0.05, 0.1) is 23.9 Å². The summed E-state index contributed by atoms with van der Waals surface area (Å²) in [5.74, 6) is 0.309. The Morgan fingerprint density at radius 3 is 2.74 bits per heavy atom. The van der Waals surface area contributed by atoms with Crippen molar-refractivity contribution in [3.8, 4) is 6.07 Å². The fourth-order valence-electron chi connectivity index (χ4n) is 3.64. The van der Waals surface area contributed by atoms with Gasteiger partial charge in [0.1, 0.15) is 11.9 Å². The Kier molecular flexibility index (Phi) is 10.0. The van der Waals surface area contributed by atoms with E-state index in [1.807, 2.05) is 31.2 Å². The maximum Gasteiger partial charge on any atom is 0.191 e. The maximum absolute atomic E-state index is 13.1. The van der Waals surface area contributed by atoms with E-state index in [1.54, 1.807) is 12.1 Å². The van der Waals surface area contributed by atoms with Crippen LogP contribution < -0.4 is 15.5 Å². The SMILES string of the molecule is CCNC(=NCC(O)c1ccc(F)cc1)NC1CCCN(c2ccccc2C#N)C1.I. The van der Waals surface area contributed by atoms with E-state index in [0.717, 1.165) is 31.6 Å². The number of aliphatic hydroxyl groups excluding tert-OH is 1. The molecule has 166 valence electrons. The lowest BCUT2D eigenvalue weighted by Crippen LogP contribution is -2.51. The quantitative estimate of drug-likeness (QED) is 0.298. The van der Waals surface area contributed by atoms with Gasteiger partial charge >= 0.3 is 0 Å². The molecular formula is C23H29FIN5O. The Morgan fingerprint density at radius 2 is 2.03 bits per heavy atom. The largest absolute Gasteiger partial charge is 0.386 e. The van der Waals surface area contributed by atoms with Crippen LogP contribution >= 0.6 is 24.0 Å². The van der Waals surface area contributed by atoms with Gasteiger partial charge in [-0.05, 0) is 49.6 Å². The first kappa shape index (κ1) is 24.9. The Morgan fingerprint density at radius 1 is 1.29 bits per heavy atom. The molecule has 0 saturated carbocycles. The number of aliphatic imine (C=N–C) groups is 1. The molecule has 1 aliphatic heterocycles. The first-order valence-corrected chi connectivity index (χ1v) is 10.3. The Hall–Kier alpha value is -2.38. The molecule has 2 unspecified atom stereocenters. The highest BCUT2D eigenvalue weighted by atomic mass is 127. The van der Waals surface area contributed by atoms with Crippen molar-refractivity contribution in [1.29, 1.82) is 5.26 Å². The summed E-state index contributed by atoms with van der Waals surface area (Å²) < 4.78 is 13.1. The first-order chi connectivity index (χ1) is 14.6. The lowest BCUT2D eigenvalue weighted by atomic mass is 10.0. The van der Waals surface area contributed by atoms with Crippen LogP contribution in [-0.4, -0.2) is 43.3 Å². The molecule has 2 aromatic rings.